The topological polar surface area (TPSA) is 29.3 Å². The highest BCUT2D eigenvalue weighted by Crippen LogP contribution is 2.43. The minimum atomic E-state index is 0.257. The maximum atomic E-state index is 6.31. The van der Waals surface area contributed by atoms with Gasteiger partial charge in [-0.3, -0.25) is 0 Å². The Kier molecular flexibility index (Phi) is 5.20. The summed E-state index contributed by atoms with van der Waals surface area (Å²) in [5, 5.41) is 0. The van der Waals surface area contributed by atoms with Crippen molar-refractivity contribution in [1.82, 2.24) is 4.90 Å². The molecule has 3 rings (SSSR count). The highest BCUT2D eigenvalue weighted by atomic mass is 15.1. The second-order valence-electron chi connectivity index (χ2n) is 7.56. The first kappa shape index (κ1) is 16.0. The zero-order valence-electron chi connectivity index (χ0n) is 14.2. The average molecular weight is 300 g/mol. The predicted octanol–water partition coefficient (Wildman–Crippen LogP) is 4.05. The van der Waals surface area contributed by atoms with Crippen LogP contribution < -0.4 is 5.73 Å². The Balaban J connectivity index is 1.91. The molecule has 2 fully saturated rings. The largest absolute Gasteiger partial charge is 0.330 e. The van der Waals surface area contributed by atoms with E-state index in [0.29, 0.717) is 0 Å². The van der Waals surface area contributed by atoms with Gasteiger partial charge in [-0.2, -0.15) is 0 Å². The van der Waals surface area contributed by atoms with Crippen molar-refractivity contribution in [2.45, 2.75) is 62.7 Å². The van der Waals surface area contributed by atoms with Crippen molar-refractivity contribution in [2.24, 2.45) is 5.73 Å². The van der Waals surface area contributed by atoms with Crippen molar-refractivity contribution < 1.29 is 0 Å². The van der Waals surface area contributed by atoms with E-state index in [1.54, 1.807) is 11.1 Å². The highest BCUT2D eigenvalue weighted by molar-refractivity contribution is 5.38. The molecule has 1 saturated carbocycles. The molecule has 1 aliphatic heterocycles. The van der Waals surface area contributed by atoms with E-state index >= 15 is 0 Å². The van der Waals surface area contributed by atoms with Gasteiger partial charge in [-0.25, -0.2) is 0 Å². The number of likely N-dealkylation sites (tertiary alicyclic amines) is 1. The first-order valence-corrected chi connectivity index (χ1v) is 9.23. The third-order valence-electron chi connectivity index (χ3n) is 6.13. The molecule has 1 aliphatic carbocycles. The second kappa shape index (κ2) is 7.14. The van der Waals surface area contributed by atoms with Gasteiger partial charge in [0, 0.05) is 12.0 Å². The van der Waals surface area contributed by atoms with Crippen LogP contribution in [0.2, 0.25) is 0 Å². The lowest BCUT2D eigenvalue weighted by atomic mass is 9.66. The van der Waals surface area contributed by atoms with Gasteiger partial charge < -0.3 is 10.6 Å². The fraction of sp³-hybridized carbons (Fsp3) is 0.700. The average Bonchev–Trinajstić information content (AvgIpc) is 2.80. The van der Waals surface area contributed by atoms with Crippen LogP contribution in [0.25, 0.3) is 0 Å². The maximum absolute atomic E-state index is 6.31. The summed E-state index contributed by atoms with van der Waals surface area (Å²) in [6.07, 6.45) is 10.6. The van der Waals surface area contributed by atoms with Gasteiger partial charge in [0.15, 0.2) is 0 Å². The minimum absolute atomic E-state index is 0.257. The van der Waals surface area contributed by atoms with E-state index in [1.807, 2.05) is 0 Å². The molecule has 1 aromatic carbocycles. The quantitative estimate of drug-likeness (QED) is 0.912. The molecule has 1 heterocycles. The lowest BCUT2D eigenvalue weighted by Gasteiger charge is -2.39. The van der Waals surface area contributed by atoms with Gasteiger partial charge in [-0.1, -0.05) is 43.5 Å². The normalized spacial score (nSPS) is 26.5. The van der Waals surface area contributed by atoms with Crippen molar-refractivity contribution in [1.29, 1.82) is 0 Å². The Hall–Kier alpha value is -0.860. The van der Waals surface area contributed by atoms with Gasteiger partial charge >= 0.3 is 0 Å². The van der Waals surface area contributed by atoms with Gasteiger partial charge in [0.2, 0.25) is 0 Å². The van der Waals surface area contributed by atoms with Crippen LogP contribution in [0.4, 0.5) is 0 Å². The third-order valence-corrected chi connectivity index (χ3v) is 6.13. The molecule has 2 N–H and O–H groups in total. The van der Waals surface area contributed by atoms with Crippen molar-refractivity contribution in [2.75, 3.05) is 26.7 Å². The SMILES string of the molecule is CN1CCCC(c2ccccc2C2(CN)CCCCC2)CC1. The summed E-state index contributed by atoms with van der Waals surface area (Å²) < 4.78 is 0. The van der Waals surface area contributed by atoms with Gasteiger partial charge in [-0.05, 0) is 69.3 Å². The van der Waals surface area contributed by atoms with E-state index in [1.165, 1.54) is 64.5 Å². The van der Waals surface area contributed by atoms with Gasteiger partial charge in [0.05, 0.1) is 0 Å². The second-order valence-corrected chi connectivity index (χ2v) is 7.56. The molecule has 0 spiro atoms. The standard InChI is InChI=1S/C20H32N2/c1-22-14-7-8-17(11-15-22)18-9-3-4-10-19(18)20(16-21)12-5-2-6-13-20/h3-4,9-10,17H,2,5-8,11-16,21H2,1H3. The summed E-state index contributed by atoms with van der Waals surface area (Å²) in [7, 11) is 2.26. The van der Waals surface area contributed by atoms with Crippen LogP contribution in [0.1, 0.15) is 68.4 Å². The van der Waals surface area contributed by atoms with E-state index in [0.717, 1.165) is 12.5 Å². The van der Waals surface area contributed by atoms with Gasteiger partial charge in [-0.15, -0.1) is 0 Å². The van der Waals surface area contributed by atoms with E-state index in [-0.39, 0.29) is 5.41 Å². The summed E-state index contributed by atoms with van der Waals surface area (Å²) >= 11 is 0. The molecule has 0 bridgehead atoms. The summed E-state index contributed by atoms with van der Waals surface area (Å²) in [5.41, 5.74) is 9.78. The van der Waals surface area contributed by atoms with E-state index in [2.05, 4.69) is 36.2 Å². The molecule has 1 aromatic rings. The van der Waals surface area contributed by atoms with Crippen LogP contribution >= 0.6 is 0 Å². The summed E-state index contributed by atoms with van der Waals surface area (Å²) in [4.78, 5) is 2.49. The van der Waals surface area contributed by atoms with Crippen LogP contribution in [0.5, 0.6) is 0 Å². The molecule has 22 heavy (non-hydrogen) atoms. The Morgan fingerprint density at radius 1 is 1.05 bits per heavy atom. The Morgan fingerprint density at radius 3 is 2.59 bits per heavy atom. The summed E-state index contributed by atoms with van der Waals surface area (Å²) in [6, 6.07) is 9.26. The first-order chi connectivity index (χ1) is 10.7. The smallest absolute Gasteiger partial charge is 0.00783 e. The fourth-order valence-corrected chi connectivity index (χ4v) is 4.70. The van der Waals surface area contributed by atoms with Crippen LogP contribution in [0.3, 0.4) is 0 Å². The Labute approximate surface area is 136 Å². The summed E-state index contributed by atoms with van der Waals surface area (Å²) in [6.45, 7) is 3.30. The molecule has 0 amide bonds. The van der Waals surface area contributed by atoms with Crippen molar-refractivity contribution >= 4 is 0 Å². The van der Waals surface area contributed by atoms with E-state index in [9.17, 15) is 0 Å². The van der Waals surface area contributed by atoms with Gasteiger partial charge in [0.1, 0.15) is 0 Å². The van der Waals surface area contributed by atoms with Crippen LogP contribution in [-0.2, 0) is 5.41 Å². The first-order valence-electron chi connectivity index (χ1n) is 9.23. The van der Waals surface area contributed by atoms with Crippen LogP contribution in [0.15, 0.2) is 24.3 Å². The van der Waals surface area contributed by atoms with Gasteiger partial charge in [0.25, 0.3) is 0 Å². The van der Waals surface area contributed by atoms with E-state index in [4.69, 9.17) is 5.73 Å². The molecular formula is C20H32N2. The molecule has 1 unspecified atom stereocenters. The van der Waals surface area contributed by atoms with Crippen LogP contribution in [0, 0.1) is 0 Å². The van der Waals surface area contributed by atoms with Crippen LogP contribution in [-0.4, -0.2) is 31.6 Å². The number of hydrogen-bond donors (Lipinski definition) is 1. The molecule has 2 heteroatoms. The van der Waals surface area contributed by atoms with Crippen molar-refractivity contribution in [3.05, 3.63) is 35.4 Å². The lowest BCUT2D eigenvalue weighted by Crippen LogP contribution is -2.38. The minimum Gasteiger partial charge on any atom is -0.330 e. The maximum Gasteiger partial charge on any atom is 0.00783 e. The fourth-order valence-electron chi connectivity index (χ4n) is 4.70. The molecule has 122 valence electrons. The third kappa shape index (κ3) is 3.23. The molecule has 0 radical (unpaired) electrons. The number of hydrogen-bond acceptors (Lipinski definition) is 2. The molecule has 1 saturated heterocycles. The molecule has 1 atom stereocenters. The lowest BCUT2D eigenvalue weighted by molar-refractivity contribution is 0.297. The number of benzene rings is 1. The Morgan fingerprint density at radius 2 is 1.82 bits per heavy atom. The van der Waals surface area contributed by atoms with Crippen molar-refractivity contribution in [3.63, 3.8) is 0 Å². The predicted molar refractivity (Wildman–Crippen MR) is 94.3 cm³/mol. The Bertz CT molecular complexity index is 476. The number of nitrogens with zero attached hydrogens (tertiary/aromatic N) is 1. The zero-order valence-corrected chi connectivity index (χ0v) is 14.2. The highest BCUT2D eigenvalue weighted by Gasteiger charge is 2.35. The zero-order chi connectivity index (χ0) is 15.4. The monoisotopic (exact) mass is 300 g/mol. The molecule has 0 aromatic heterocycles. The molecule has 2 aliphatic rings. The van der Waals surface area contributed by atoms with E-state index < -0.39 is 0 Å². The molecular weight excluding hydrogens is 268 g/mol. The number of rotatable bonds is 3. The summed E-state index contributed by atoms with van der Waals surface area (Å²) in [5.74, 6) is 0.728. The molecule has 2 nitrogen and oxygen atoms in total. The number of nitrogens with two attached hydrogens (primary N) is 1. The van der Waals surface area contributed by atoms with Crippen molar-refractivity contribution in [3.8, 4) is 0 Å².